The van der Waals surface area contributed by atoms with Gasteiger partial charge >= 0.3 is 0 Å². The summed E-state index contributed by atoms with van der Waals surface area (Å²) >= 11 is 19.0. The predicted octanol–water partition coefficient (Wildman–Crippen LogP) is 8.99. The van der Waals surface area contributed by atoms with E-state index in [2.05, 4.69) is 44.9 Å². The second-order valence-electron chi connectivity index (χ2n) is 11.1. The van der Waals surface area contributed by atoms with E-state index in [0.29, 0.717) is 93.6 Å². The molecule has 3 rings (SSSR count). The molecule has 1 aromatic heterocycles. The highest BCUT2D eigenvalue weighted by Gasteiger charge is 2.37. The summed E-state index contributed by atoms with van der Waals surface area (Å²) in [5.74, 6) is 2.03. The largest absolute Gasteiger partial charge is 0.495 e. The number of fused-ring (bicyclic) bond motifs is 1. The molecule has 0 spiro atoms. The Bertz CT molecular complexity index is 1410. The molecule has 0 unspecified atom stereocenters. The fourth-order valence-corrected chi connectivity index (χ4v) is 5.83. The van der Waals surface area contributed by atoms with Gasteiger partial charge in [-0.1, -0.05) is 44.0 Å². The van der Waals surface area contributed by atoms with E-state index in [-0.39, 0.29) is 5.04 Å². The van der Waals surface area contributed by atoms with E-state index in [0.717, 1.165) is 0 Å². The number of hydrogen-bond donors (Lipinski definition) is 0. The number of nitriles is 1. The minimum absolute atomic E-state index is 0.0922. The van der Waals surface area contributed by atoms with Gasteiger partial charge in [-0.3, -0.25) is 4.98 Å². The van der Waals surface area contributed by atoms with Crippen molar-refractivity contribution in [1.29, 1.82) is 5.26 Å². The zero-order chi connectivity index (χ0) is 30.4. The number of ether oxygens (including phenoxy) is 3. The number of nitrogens with zero attached hydrogens (tertiary/aromatic N) is 3. The van der Waals surface area contributed by atoms with Gasteiger partial charge in [0.05, 0.1) is 53.3 Å². The molecule has 0 radical (unpaired) electrons. The molecule has 11 heteroatoms. The van der Waals surface area contributed by atoms with Crippen LogP contribution in [0.1, 0.15) is 39.2 Å². The van der Waals surface area contributed by atoms with Gasteiger partial charge in [-0.15, -0.1) is 11.6 Å². The van der Waals surface area contributed by atoms with Crippen molar-refractivity contribution in [1.82, 2.24) is 4.98 Å². The summed E-state index contributed by atoms with van der Waals surface area (Å²) in [6.07, 6.45) is 2.93. The maximum Gasteiger partial charge on any atom is 0.191 e. The van der Waals surface area contributed by atoms with E-state index >= 15 is 0 Å². The summed E-state index contributed by atoms with van der Waals surface area (Å²) in [4.78, 5) is 6.58. The molecular formula is C30H38Cl3N3O4Si. The van der Waals surface area contributed by atoms with Crippen molar-refractivity contribution < 1.29 is 18.6 Å². The van der Waals surface area contributed by atoms with Gasteiger partial charge in [-0.2, -0.15) is 5.26 Å². The van der Waals surface area contributed by atoms with Crippen LogP contribution in [0.15, 0.2) is 30.5 Å². The van der Waals surface area contributed by atoms with Crippen LogP contribution in [0.4, 0.5) is 11.4 Å². The van der Waals surface area contributed by atoms with Gasteiger partial charge in [0, 0.05) is 42.7 Å². The summed E-state index contributed by atoms with van der Waals surface area (Å²) in [6.45, 7) is 12.6. The van der Waals surface area contributed by atoms with Gasteiger partial charge in [-0.25, -0.2) is 0 Å². The number of aromatic nitrogens is 1. The van der Waals surface area contributed by atoms with Crippen LogP contribution in [0.25, 0.3) is 10.9 Å². The number of anilines is 2. The number of hydrogen-bond acceptors (Lipinski definition) is 7. The first-order valence-electron chi connectivity index (χ1n) is 13.4. The Labute approximate surface area is 259 Å². The summed E-state index contributed by atoms with van der Waals surface area (Å²) < 4.78 is 23.6. The van der Waals surface area contributed by atoms with E-state index in [1.165, 1.54) is 0 Å². The van der Waals surface area contributed by atoms with E-state index in [9.17, 15) is 5.26 Å². The van der Waals surface area contributed by atoms with Crippen molar-refractivity contribution in [2.24, 2.45) is 0 Å². The molecule has 2 aromatic carbocycles. The third kappa shape index (κ3) is 7.71. The SMILES string of the molecule is COc1cc(N(CCCO[Si](C)(C)C(C)(C)C)c2c(C#N)cnc3cc(OCCCCl)c(OC)cc23)c(Cl)cc1Cl. The Morgan fingerprint density at radius 3 is 2.27 bits per heavy atom. The highest BCUT2D eigenvalue weighted by atomic mass is 35.5. The maximum absolute atomic E-state index is 10.2. The third-order valence-electron chi connectivity index (χ3n) is 7.36. The van der Waals surface area contributed by atoms with Crippen molar-refractivity contribution in [2.75, 3.05) is 44.8 Å². The zero-order valence-corrected chi connectivity index (χ0v) is 28.0. The quantitative estimate of drug-likeness (QED) is 0.105. The molecule has 0 N–H and O–H groups in total. The van der Waals surface area contributed by atoms with Gasteiger partial charge in [0.1, 0.15) is 11.8 Å². The molecule has 0 aliphatic rings. The number of methoxy groups -OCH3 is 2. The average Bonchev–Trinajstić information content (AvgIpc) is 2.92. The lowest BCUT2D eigenvalue weighted by Crippen LogP contribution is -2.41. The zero-order valence-electron chi connectivity index (χ0n) is 24.7. The Hall–Kier alpha value is -2.41. The van der Waals surface area contributed by atoms with E-state index in [1.807, 2.05) is 17.0 Å². The van der Waals surface area contributed by atoms with Gasteiger partial charge in [-0.05, 0) is 43.1 Å². The first-order chi connectivity index (χ1) is 19.4. The predicted molar refractivity (Wildman–Crippen MR) is 172 cm³/mol. The lowest BCUT2D eigenvalue weighted by Gasteiger charge is -2.36. The van der Waals surface area contributed by atoms with Crippen molar-refractivity contribution >= 4 is 65.4 Å². The smallest absolute Gasteiger partial charge is 0.191 e. The third-order valence-corrected chi connectivity index (χ3v) is 12.8. The fraction of sp³-hybridized carbons (Fsp3) is 0.467. The van der Waals surface area contributed by atoms with Crippen LogP contribution < -0.4 is 19.1 Å². The number of alkyl halides is 1. The standard InChI is InChI=1S/C30H38Cl3N3O4Si/c1-30(2,3)41(6,7)40-13-9-11-36(25-17-26(37-4)23(33)15-22(25)32)29-20(18-34)19-35-24-16-28(39-12-8-10-31)27(38-5)14-21(24)29/h14-17,19H,8-13H2,1-7H3. The van der Waals surface area contributed by atoms with E-state index in [1.54, 1.807) is 32.5 Å². The first kappa shape index (κ1) is 33.1. The number of halogens is 3. The van der Waals surface area contributed by atoms with Crippen LogP contribution in [-0.2, 0) is 4.43 Å². The van der Waals surface area contributed by atoms with Gasteiger partial charge in [0.15, 0.2) is 19.8 Å². The number of benzene rings is 2. The molecule has 41 heavy (non-hydrogen) atoms. The van der Waals surface area contributed by atoms with E-state index < -0.39 is 8.32 Å². The molecule has 0 saturated carbocycles. The molecule has 0 bridgehead atoms. The van der Waals surface area contributed by atoms with Gasteiger partial charge in [0.25, 0.3) is 0 Å². The molecule has 222 valence electrons. The fourth-order valence-electron chi connectivity index (χ4n) is 4.07. The van der Waals surface area contributed by atoms with Crippen LogP contribution in [0.2, 0.25) is 28.2 Å². The highest BCUT2D eigenvalue weighted by Crippen LogP contribution is 2.44. The van der Waals surface area contributed by atoms with Crippen molar-refractivity contribution in [2.45, 2.75) is 51.7 Å². The monoisotopic (exact) mass is 637 g/mol. The Balaban J connectivity index is 2.16. The molecule has 0 atom stereocenters. The lowest BCUT2D eigenvalue weighted by atomic mass is 10.1. The molecular weight excluding hydrogens is 601 g/mol. The Morgan fingerprint density at radius 2 is 1.66 bits per heavy atom. The molecule has 3 aromatic rings. The summed E-state index contributed by atoms with van der Waals surface area (Å²) in [5.41, 5.74) is 2.30. The molecule has 0 fully saturated rings. The van der Waals surface area contributed by atoms with Crippen molar-refractivity contribution in [3.8, 4) is 23.3 Å². The van der Waals surface area contributed by atoms with Crippen molar-refractivity contribution in [3.63, 3.8) is 0 Å². The maximum atomic E-state index is 10.2. The summed E-state index contributed by atoms with van der Waals surface area (Å²) in [7, 11) is 1.18. The van der Waals surface area contributed by atoms with Gasteiger partial charge < -0.3 is 23.5 Å². The highest BCUT2D eigenvalue weighted by molar-refractivity contribution is 6.74. The second-order valence-corrected chi connectivity index (χ2v) is 17.1. The minimum atomic E-state index is -1.95. The Morgan fingerprint density at radius 1 is 0.951 bits per heavy atom. The second kappa shape index (κ2) is 14.2. The first-order valence-corrected chi connectivity index (χ1v) is 17.6. The summed E-state index contributed by atoms with van der Waals surface area (Å²) in [6, 6.07) is 9.40. The molecule has 1 heterocycles. The molecule has 0 aliphatic carbocycles. The normalized spacial score (nSPS) is 11.8. The van der Waals surface area contributed by atoms with Crippen LogP contribution >= 0.6 is 34.8 Å². The minimum Gasteiger partial charge on any atom is -0.495 e. The molecule has 0 amide bonds. The topological polar surface area (TPSA) is 76.8 Å². The lowest BCUT2D eigenvalue weighted by molar-refractivity contribution is 0.284. The molecule has 0 saturated heterocycles. The average molecular weight is 639 g/mol. The van der Waals surface area contributed by atoms with Crippen LogP contribution in [0.5, 0.6) is 17.2 Å². The number of rotatable bonds is 13. The van der Waals surface area contributed by atoms with Crippen LogP contribution in [0, 0.1) is 11.3 Å². The Kier molecular flexibility index (Phi) is 11.4. The summed E-state index contributed by atoms with van der Waals surface area (Å²) in [5, 5.41) is 11.8. The molecule has 0 aliphatic heterocycles. The molecule has 7 nitrogen and oxygen atoms in total. The van der Waals surface area contributed by atoms with Crippen molar-refractivity contribution in [3.05, 3.63) is 46.1 Å². The van der Waals surface area contributed by atoms with Gasteiger partial charge in [0.2, 0.25) is 0 Å². The van der Waals surface area contributed by atoms with Crippen LogP contribution in [-0.4, -0.2) is 53.2 Å². The number of pyridine rings is 1. The van der Waals surface area contributed by atoms with Crippen LogP contribution in [0.3, 0.4) is 0 Å². The van der Waals surface area contributed by atoms with E-state index in [4.69, 9.17) is 53.4 Å².